The van der Waals surface area contributed by atoms with Gasteiger partial charge in [0.05, 0.1) is 18.1 Å². The van der Waals surface area contributed by atoms with Crippen molar-refractivity contribution in [3.8, 4) is 11.5 Å². The average Bonchev–Trinajstić information content (AvgIpc) is 4.21. The number of fused-ring (bicyclic) bond motifs is 3. The lowest BCUT2D eigenvalue weighted by molar-refractivity contribution is -0.137. The summed E-state index contributed by atoms with van der Waals surface area (Å²) in [5.74, 6) is -1.12. The standard InChI is InChI=1S/C60H60FN7O8/c1-36(38-14-6-5-7-15-38)66-49-19-11-9-17-42(49)33-47(54(66)70)64-57(73)60(30-31-60)76-45-26-22-39(23-27-45)37(2)67-50-20-12-8-16-41(50)32-46(53(67)69)63-56(72)59(3,4)75-44-28-24-40(25-29-44)52(35-61)68-51-21-13-10-18-43(51)34-48(55(68)71)65-58(62)74/h5-29,36-37,46-48,52H,30-35H2,1-4H3,(H,63,72)(H,64,73)(H3,62,65,74)/t36-,37-,46+,47+,48+,52-/m0/s1. The molecule has 0 bridgehead atoms. The summed E-state index contributed by atoms with van der Waals surface area (Å²) in [6, 6.07) is 40.6. The SMILES string of the molecule is C[C@@H](c1ccc(OC2(C(=O)N[C@@H]3Cc4ccccc4N([C@@H](C)c4ccccc4)C3=O)CC2)cc1)N1C(=O)[C@H](NC(=O)C(C)(C)Oc2ccc([C@H](CF)N3C(=O)[C@H](NC(N)=O)Cc4ccccc43)cc2)Cc2ccccc21. The zero-order valence-electron chi connectivity index (χ0n) is 42.7. The summed E-state index contributed by atoms with van der Waals surface area (Å²) in [7, 11) is 0. The van der Waals surface area contributed by atoms with Crippen molar-refractivity contribution in [3.63, 3.8) is 0 Å². The maximum Gasteiger partial charge on any atom is 0.312 e. The van der Waals surface area contributed by atoms with Crippen molar-refractivity contribution in [1.29, 1.82) is 0 Å². The molecule has 0 aromatic heterocycles. The second-order valence-electron chi connectivity index (χ2n) is 20.5. The Hall–Kier alpha value is -8.53. The third kappa shape index (κ3) is 9.94. The van der Waals surface area contributed by atoms with E-state index in [0.717, 1.165) is 33.5 Å². The van der Waals surface area contributed by atoms with Gasteiger partial charge < -0.3 is 45.9 Å². The van der Waals surface area contributed by atoms with Gasteiger partial charge in [0.2, 0.25) is 11.8 Å². The van der Waals surface area contributed by atoms with E-state index >= 15 is 0 Å². The predicted molar refractivity (Wildman–Crippen MR) is 285 cm³/mol. The van der Waals surface area contributed by atoms with Crippen molar-refractivity contribution in [2.45, 2.75) is 107 Å². The van der Waals surface area contributed by atoms with Crippen LogP contribution in [0.25, 0.3) is 0 Å². The quantitative estimate of drug-likeness (QED) is 0.0748. The first-order chi connectivity index (χ1) is 36.6. The second-order valence-corrected chi connectivity index (χ2v) is 20.5. The van der Waals surface area contributed by atoms with E-state index < -0.39 is 65.9 Å². The van der Waals surface area contributed by atoms with Gasteiger partial charge in [0.15, 0.2) is 11.2 Å². The molecular weight excluding hydrogens is 966 g/mol. The molecule has 16 heteroatoms. The zero-order chi connectivity index (χ0) is 53.5. The molecule has 3 heterocycles. The molecule has 6 atom stereocenters. The Morgan fingerprint density at radius 1 is 0.579 bits per heavy atom. The van der Waals surface area contributed by atoms with Crippen LogP contribution in [0.4, 0.5) is 26.2 Å². The lowest BCUT2D eigenvalue weighted by Gasteiger charge is -2.39. The first-order valence-electron chi connectivity index (χ1n) is 25.7. The summed E-state index contributed by atoms with van der Waals surface area (Å²) in [5, 5.41) is 8.49. The average molecular weight is 1030 g/mol. The normalized spacial score (nSPS) is 19.7. The fraction of sp³-hybridized carbons (Fsp3) is 0.300. The molecule has 4 aliphatic rings. The highest BCUT2D eigenvalue weighted by atomic mass is 19.1. The van der Waals surface area contributed by atoms with Crippen LogP contribution in [-0.4, -0.2) is 71.6 Å². The Balaban J connectivity index is 0.790. The molecule has 6 aromatic carbocycles. The molecule has 390 valence electrons. The number of nitrogens with zero attached hydrogens (tertiary/aromatic N) is 3. The fourth-order valence-corrected chi connectivity index (χ4v) is 10.8. The van der Waals surface area contributed by atoms with Crippen LogP contribution in [-0.2, 0) is 43.2 Å². The number of nitrogens with two attached hydrogens (primary N) is 1. The molecule has 1 saturated carbocycles. The lowest BCUT2D eigenvalue weighted by atomic mass is 9.93. The van der Waals surface area contributed by atoms with E-state index in [4.69, 9.17) is 15.2 Å². The molecule has 10 rings (SSSR count). The van der Waals surface area contributed by atoms with E-state index in [1.54, 1.807) is 78.2 Å². The number of para-hydroxylation sites is 3. The Morgan fingerprint density at radius 2 is 1.00 bits per heavy atom. The van der Waals surface area contributed by atoms with Gasteiger partial charge in [0.1, 0.15) is 36.3 Å². The number of urea groups is 1. The third-order valence-corrected chi connectivity index (χ3v) is 15.1. The molecule has 0 radical (unpaired) electrons. The third-order valence-electron chi connectivity index (χ3n) is 15.1. The second kappa shape index (κ2) is 20.6. The minimum Gasteiger partial charge on any atom is -0.478 e. The molecule has 1 aliphatic carbocycles. The summed E-state index contributed by atoms with van der Waals surface area (Å²) in [4.78, 5) is 87.1. The van der Waals surface area contributed by atoms with Crippen molar-refractivity contribution < 1.29 is 42.6 Å². The van der Waals surface area contributed by atoms with Crippen molar-refractivity contribution in [1.82, 2.24) is 16.0 Å². The molecule has 0 saturated heterocycles. The number of hydrogen-bond donors (Lipinski definition) is 4. The molecule has 5 N–H and O–H groups in total. The van der Waals surface area contributed by atoms with E-state index in [0.29, 0.717) is 47.7 Å². The highest BCUT2D eigenvalue weighted by Crippen LogP contribution is 2.43. The summed E-state index contributed by atoms with van der Waals surface area (Å²) in [6.07, 6.45) is 1.78. The van der Waals surface area contributed by atoms with Crippen LogP contribution in [0.1, 0.15) is 92.0 Å². The maximum atomic E-state index is 15.0. The number of alkyl halides is 1. The number of nitrogens with one attached hydrogen (secondary N) is 3. The number of hydrogen-bond acceptors (Lipinski definition) is 8. The van der Waals surface area contributed by atoms with Gasteiger partial charge in [-0.25, -0.2) is 9.18 Å². The molecule has 76 heavy (non-hydrogen) atoms. The first kappa shape index (κ1) is 51.0. The summed E-state index contributed by atoms with van der Waals surface area (Å²) in [6.45, 7) is 6.15. The van der Waals surface area contributed by atoms with Crippen molar-refractivity contribution >= 4 is 52.6 Å². The van der Waals surface area contributed by atoms with Gasteiger partial charge in [0, 0.05) is 49.2 Å². The van der Waals surface area contributed by atoms with Crippen LogP contribution in [0.15, 0.2) is 152 Å². The Kier molecular flexibility index (Phi) is 13.8. The number of ether oxygens (including phenoxy) is 2. The number of carbonyl (C=O) groups excluding carboxylic acids is 6. The molecule has 0 unspecified atom stereocenters. The highest BCUT2D eigenvalue weighted by molar-refractivity contribution is 6.05. The molecular formula is C60H60FN7O8. The van der Waals surface area contributed by atoms with Crippen LogP contribution in [0.5, 0.6) is 11.5 Å². The van der Waals surface area contributed by atoms with Crippen LogP contribution in [0, 0.1) is 0 Å². The predicted octanol–water partition coefficient (Wildman–Crippen LogP) is 8.06. The smallest absolute Gasteiger partial charge is 0.312 e. The zero-order valence-corrected chi connectivity index (χ0v) is 42.7. The van der Waals surface area contributed by atoms with E-state index in [1.807, 2.05) is 111 Å². The number of anilines is 3. The summed E-state index contributed by atoms with van der Waals surface area (Å²) >= 11 is 0. The number of carbonyl (C=O) groups is 6. The molecule has 0 spiro atoms. The van der Waals surface area contributed by atoms with E-state index in [2.05, 4.69) is 16.0 Å². The van der Waals surface area contributed by atoms with Gasteiger partial charge in [0.25, 0.3) is 17.7 Å². The fourth-order valence-electron chi connectivity index (χ4n) is 10.8. The topological polar surface area (TPSA) is 193 Å². The number of halogens is 1. The van der Waals surface area contributed by atoms with Crippen LogP contribution in [0.2, 0.25) is 0 Å². The van der Waals surface area contributed by atoms with Gasteiger partial charge in [-0.15, -0.1) is 0 Å². The number of amides is 7. The number of benzene rings is 6. The van der Waals surface area contributed by atoms with Gasteiger partial charge in [-0.3, -0.25) is 24.0 Å². The summed E-state index contributed by atoms with van der Waals surface area (Å²) < 4.78 is 27.6. The monoisotopic (exact) mass is 1030 g/mol. The summed E-state index contributed by atoms with van der Waals surface area (Å²) in [5.41, 5.74) is 9.64. The molecule has 6 aromatic rings. The maximum absolute atomic E-state index is 15.0. The number of primary amides is 1. The van der Waals surface area contributed by atoms with Gasteiger partial charge >= 0.3 is 6.03 Å². The lowest BCUT2D eigenvalue weighted by Crippen LogP contribution is -2.58. The molecule has 3 aliphatic heterocycles. The highest BCUT2D eigenvalue weighted by Gasteiger charge is 2.54. The van der Waals surface area contributed by atoms with E-state index in [-0.39, 0.29) is 36.6 Å². The minimum atomic E-state index is -1.48. The van der Waals surface area contributed by atoms with E-state index in [1.165, 1.54) is 4.90 Å². The van der Waals surface area contributed by atoms with Crippen LogP contribution >= 0.6 is 0 Å². The van der Waals surface area contributed by atoms with Gasteiger partial charge in [-0.1, -0.05) is 109 Å². The molecule has 1 fully saturated rings. The van der Waals surface area contributed by atoms with Gasteiger partial charge in [-0.2, -0.15) is 0 Å². The van der Waals surface area contributed by atoms with Crippen molar-refractivity contribution in [3.05, 3.63) is 185 Å². The van der Waals surface area contributed by atoms with Crippen LogP contribution < -0.4 is 45.9 Å². The van der Waals surface area contributed by atoms with Gasteiger partial charge in [-0.05, 0) is 104 Å². The van der Waals surface area contributed by atoms with E-state index in [9.17, 15) is 33.2 Å². The van der Waals surface area contributed by atoms with Crippen molar-refractivity contribution in [2.75, 3.05) is 21.4 Å². The Bertz CT molecular complexity index is 3200. The first-order valence-corrected chi connectivity index (χ1v) is 25.7. The number of rotatable bonds is 16. The Morgan fingerprint density at radius 3 is 1.50 bits per heavy atom. The molecule has 7 amide bonds. The molecule has 15 nitrogen and oxygen atoms in total. The largest absolute Gasteiger partial charge is 0.478 e. The minimum absolute atomic E-state index is 0.184. The van der Waals surface area contributed by atoms with Crippen LogP contribution in [0.3, 0.4) is 0 Å². The Labute approximate surface area is 440 Å². The van der Waals surface area contributed by atoms with Crippen molar-refractivity contribution in [2.24, 2.45) is 5.73 Å².